The van der Waals surface area contributed by atoms with E-state index in [0.717, 1.165) is 39.9 Å². The van der Waals surface area contributed by atoms with Gasteiger partial charge >= 0.3 is 5.91 Å². The van der Waals surface area contributed by atoms with Gasteiger partial charge in [0.25, 0.3) is 5.78 Å². The average molecular weight is 585 g/mol. The highest BCUT2D eigenvalue weighted by atomic mass is 32.1. The van der Waals surface area contributed by atoms with Gasteiger partial charge in [-0.25, -0.2) is 4.98 Å². The number of aryl methyl sites for hydroxylation is 1. The lowest BCUT2D eigenvalue weighted by Gasteiger charge is -2.24. The Balaban J connectivity index is 1.51. The fourth-order valence-electron chi connectivity index (χ4n) is 5.49. The number of benzene rings is 3. The molecule has 1 fully saturated rings. The maximum atomic E-state index is 13.7. The van der Waals surface area contributed by atoms with Crippen molar-refractivity contribution in [3.05, 3.63) is 82.4 Å². The maximum Gasteiger partial charge on any atom is 0.301 e. The van der Waals surface area contributed by atoms with E-state index >= 15 is 0 Å². The van der Waals surface area contributed by atoms with Crippen LogP contribution < -0.4 is 19.1 Å². The predicted octanol–water partition coefficient (Wildman–Crippen LogP) is 6.74. The summed E-state index contributed by atoms with van der Waals surface area (Å²) in [4.78, 5) is 33.6. The lowest BCUT2D eigenvalue weighted by Crippen LogP contribution is -2.29. The molecule has 1 N–H and O–H groups in total. The average Bonchev–Trinajstić information content (AvgIpc) is 3.64. The molecule has 1 saturated heterocycles. The van der Waals surface area contributed by atoms with Crippen LogP contribution in [0.15, 0.2) is 60.2 Å². The number of hydrogen-bond donors (Lipinski definition) is 1. The second-order valence-corrected chi connectivity index (χ2v) is 11.7. The van der Waals surface area contributed by atoms with Crippen molar-refractivity contribution >= 4 is 44.1 Å². The number of methoxy groups -OCH3 is 1. The third-order valence-electron chi connectivity index (χ3n) is 7.61. The van der Waals surface area contributed by atoms with E-state index in [0.29, 0.717) is 40.8 Å². The summed E-state index contributed by atoms with van der Waals surface area (Å²) >= 11 is 1.33. The number of anilines is 1. The van der Waals surface area contributed by atoms with E-state index in [9.17, 15) is 14.7 Å². The number of ether oxygens (including phenoxy) is 3. The molecule has 0 spiro atoms. The second-order valence-electron chi connectivity index (χ2n) is 10.7. The van der Waals surface area contributed by atoms with Crippen LogP contribution >= 0.6 is 11.3 Å². The number of carbonyl (C=O) groups excluding carboxylic acids is 2. The van der Waals surface area contributed by atoms with E-state index in [1.165, 1.54) is 16.2 Å². The van der Waals surface area contributed by atoms with Gasteiger partial charge in [0.2, 0.25) is 0 Å². The summed E-state index contributed by atoms with van der Waals surface area (Å²) in [5.74, 6) is 0.0113. The van der Waals surface area contributed by atoms with E-state index in [1.807, 2.05) is 38.1 Å². The van der Waals surface area contributed by atoms with Gasteiger partial charge in [-0.1, -0.05) is 36.8 Å². The van der Waals surface area contributed by atoms with Gasteiger partial charge in [0.1, 0.15) is 17.6 Å². The van der Waals surface area contributed by atoms with E-state index < -0.39 is 17.7 Å². The van der Waals surface area contributed by atoms with Crippen LogP contribution in [0.1, 0.15) is 55.0 Å². The summed E-state index contributed by atoms with van der Waals surface area (Å²) in [5.41, 5.74) is 3.75. The number of Topliss-reactive ketones (excluding diaryl/α,β-unsaturated/α-hetero) is 1. The van der Waals surface area contributed by atoms with Crippen LogP contribution in [0.4, 0.5) is 5.13 Å². The monoisotopic (exact) mass is 584 g/mol. The number of aliphatic hydroxyl groups excluding tert-OH is 1. The first-order valence-electron chi connectivity index (χ1n) is 14.1. The van der Waals surface area contributed by atoms with Gasteiger partial charge in [-0.15, -0.1) is 0 Å². The molecule has 0 bridgehead atoms. The minimum Gasteiger partial charge on any atom is -0.507 e. The molecule has 2 aliphatic rings. The number of unbranched alkanes of at least 4 members (excludes halogenated alkanes) is 1. The van der Waals surface area contributed by atoms with Gasteiger partial charge in [0, 0.05) is 12.0 Å². The first-order valence-corrected chi connectivity index (χ1v) is 14.9. The Morgan fingerprint density at radius 2 is 1.95 bits per heavy atom. The van der Waals surface area contributed by atoms with Crippen molar-refractivity contribution in [2.24, 2.45) is 0 Å². The van der Waals surface area contributed by atoms with Crippen LogP contribution in [-0.4, -0.2) is 41.6 Å². The van der Waals surface area contributed by atoms with Gasteiger partial charge in [-0.05, 0) is 79.4 Å². The molecule has 1 aromatic heterocycles. The lowest BCUT2D eigenvalue weighted by atomic mass is 9.94. The summed E-state index contributed by atoms with van der Waals surface area (Å²) in [6.45, 7) is 6.60. The largest absolute Gasteiger partial charge is 0.507 e. The predicted molar refractivity (Wildman–Crippen MR) is 163 cm³/mol. The molecule has 2 aliphatic heterocycles. The first kappa shape index (κ1) is 27.8. The van der Waals surface area contributed by atoms with Gasteiger partial charge < -0.3 is 19.3 Å². The molecule has 4 aromatic rings. The van der Waals surface area contributed by atoms with Crippen LogP contribution in [0, 0.1) is 6.92 Å². The summed E-state index contributed by atoms with van der Waals surface area (Å²) < 4.78 is 18.3. The van der Waals surface area contributed by atoms with Crippen LogP contribution in [-0.2, 0) is 16.0 Å². The zero-order valence-electron chi connectivity index (χ0n) is 24.0. The molecule has 0 saturated carbocycles. The van der Waals surface area contributed by atoms with Crippen LogP contribution in [0.3, 0.4) is 0 Å². The molecular formula is C33H32N2O6S. The van der Waals surface area contributed by atoms with Gasteiger partial charge in [0.15, 0.2) is 16.6 Å². The van der Waals surface area contributed by atoms with E-state index in [1.54, 1.807) is 37.4 Å². The normalized spacial score (nSPS) is 19.3. The van der Waals surface area contributed by atoms with Crippen molar-refractivity contribution < 1.29 is 28.9 Å². The third-order valence-corrected chi connectivity index (χ3v) is 8.63. The molecule has 42 heavy (non-hydrogen) atoms. The molecule has 6 rings (SSSR count). The molecular weight excluding hydrogens is 552 g/mol. The zero-order chi connectivity index (χ0) is 29.5. The van der Waals surface area contributed by atoms with Crippen molar-refractivity contribution in [2.75, 3.05) is 18.6 Å². The Morgan fingerprint density at radius 1 is 1.12 bits per heavy atom. The molecule has 3 heterocycles. The highest BCUT2D eigenvalue weighted by Crippen LogP contribution is 2.46. The summed E-state index contributed by atoms with van der Waals surface area (Å²) in [5, 5.41) is 12.0. The Hall–Kier alpha value is -4.37. The molecule has 216 valence electrons. The quantitative estimate of drug-likeness (QED) is 0.106. The number of nitrogens with zero attached hydrogens (tertiary/aromatic N) is 2. The van der Waals surface area contributed by atoms with Gasteiger partial charge in [-0.2, -0.15) is 0 Å². The van der Waals surface area contributed by atoms with Gasteiger partial charge in [0.05, 0.1) is 35.5 Å². The highest BCUT2D eigenvalue weighted by Gasteiger charge is 2.48. The number of carbonyl (C=O) groups is 2. The van der Waals surface area contributed by atoms with E-state index in [2.05, 4.69) is 6.92 Å². The molecule has 0 unspecified atom stereocenters. The van der Waals surface area contributed by atoms with Crippen LogP contribution in [0.2, 0.25) is 0 Å². The number of aliphatic hydroxyl groups is 1. The second kappa shape index (κ2) is 11.1. The van der Waals surface area contributed by atoms with Crippen molar-refractivity contribution in [1.29, 1.82) is 0 Å². The smallest absolute Gasteiger partial charge is 0.301 e. The van der Waals surface area contributed by atoms with E-state index in [-0.39, 0.29) is 17.4 Å². The van der Waals surface area contributed by atoms with Crippen molar-refractivity contribution in [1.82, 2.24) is 4.98 Å². The van der Waals surface area contributed by atoms with Crippen molar-refractivity contribution in [3.63, 3.8) is 0 Å². The minimum atomic E-state index is -0.936. The van der Waals surface area contributed by atoms with Crippen molar-refractivity contribution in [3.8, 4) is 17.2 Å². The topological polar surface area (TPSA) is 98.2 Å². The Kier molecular flexibility index (Phi) is 7.36. The number of hydrogen-bond acceptors (Lipinski definition) is 8. The Bertz CT molecular complexity index is 1740. The molecule has 1 amide bonds. The molecule has 3 aromatic carbocycles. The number of fused-ring (bicyclic) bond motifs is 2. The summed E-state index contributed by atoms with van der Waals surface area (Å²) in [7, 11) is 1.55. The molecule has 0 aliphatic carbocycles. The van der Waals surface area contributed by atoms with Crippen LogP contribution in [0.5, 0.6) is 17.2 Å². The highest BCUT2D eigenvalue weighted by molar-refractivity contribution is 7.22. The van der Waals surface area contributed by atoms with Crippen molar-refractivity contribution in [2.45, 2.75) is 52.2 Å². The fourth-order valence-corrected chi connectivity index (χ4v) is 6.58. The van der Waals surface area contributed by atoms with Crippen LogP contribution in [0.25, 0.3) is 16.0 Å². The zero-order valence-corrected chi connectivity index (χ0v) is 24.8. The molecule has 0 radical (unpaired) electrons. The first-order chi connectivity index (χ1) is 20.3. The molecule has 2 atom stereocenters. The number of amides is 1. The third kappa shape index (κ3) is 4.87. The number of aromatic nitrogens is 1. The lowest BCUT2D eigenvalue weighted by molar-refractivity contribution is -0.132. The Labute approximate surface area is 248 Å². The summed E-state index contributed by atoms with van der Waals surface area (Å²) in [6.07, 6.45) is 2.60. The standard InChI is InChI=1S/C33H32N2O6S/c1-5-6-13-40-25-12-8-20(17-26(25)39-4)29-28(30(36)21-9-11-24-22(16-21)15-19(3)41-24)31(37)32(38)35(29)33-34-23-10-7-18(2)14-27(23)42-33/h7-12,14,16-17,19,29,36H,5-6,13,15H2,1-4H3/t19-,29+/m0/s1. The number of thiazole rings is 1. The van der Waals surface area contributed by atoms with Gasteiger partial charge in [-0.3, -0.25) is 14.5 Å². The molecule has 8 nitrogen and oxygen atoms in total. The fraction of sp³-hybridized carbons (Fsp3) is 0.303. The van der Waals surface area contributed by atoms with E-state index in [4.69, 9.17) is 19.2 Å². The SMILES string of the molecule is CCCCOc1ccc([C@@H]2C(=C(O)c3ccc4c(c3)C[C@H](C)O4)C(=O)C(=O)N2c2nc3ccc(C)cc3s2)cc1OC. The molecule has 9 heteroatoms. The number of ketones is 1. The number of rotatable bonds is 8. The Morgan fingerprint density at radius 3 is 2.74 bits per heavy atom. The minimum absolute atomic E-state index is 0.0101. The maximum absolute atomic E-state index is 13.7. The summed E-state index contributed by atoms with van der Waals surface area (Å²) in [6, 6.07) is 15.6.